The lowest BCUT2D eigenvalue weighted by molar-refractivity contribution is -0.134. The van der Waals surface area contributed by atoms with Crippen LogP contribution in [0.15, 0.2) is 42.1 Å². The van der Waals surface area contributed by atoms with Crippen molar-refractivity contribution in [1.29, 1.82) is 0 Å². The fourth-order valence-corrected chi connectivity index (χ4v) is 2.51. The second kappa shape index (κ2) is 4.16. The summed E-state index contributed by atoms with van der Waals surface area (Å²) < 4.78 is 0. The smallest absolute Gasteiger partial charge is 0.195 e. The number of ketones is 2. The van der Waals surface area contributed by atoms with Crippen molar-refractivity contribution in [3.63, 3.8) is 0 Å². The van der Waals surface area contributed by atoms with E-state index < -0.39 is 5.54 Å². The molecule has 1 aromatic carbocycles. The Labute approximate surface area is 110 Å². The summed E-state index contributed by atoms with van der Waals surface area (Å²) >= 11 is 0. The standard InChI is InChI=1S/C15H13NO3/c17-9-12-8-13(18)15(16-12,14(19)10-6-7-10)11-4-2-1-3-5-11/h1-5,8-10,16H,6-7H2. The van der Waals surface area contributed by atoms with Crippen LogP contribution in [0, 0.1) is 5.92 Å². The van der Waals surface area contributed by atoms with Gasteiger partial charge in [0.25, 0.3) is 0 Å². The third-order valence-corrected chi connectivity index (χ3v) is 3.64. The number of hydrogen-bond donors (Lipinski definition) is 1. The van der Waals surface area contributed by atoms with Gasteiger partial charge in [-0.25, -0.2) is 0 Å². The van der Waals surface area contributed by atoms with Crippen LogP contribution in [0.4, 0.5) is 0 Å². The van der Waals surface area contributed by atoms with E-state index in [9.17, 15) is 14.4 Å². The summed E-state index contributed by atoms with van der Waals surface area (Å²) in [5.41, 5.74) is -0.619. The molecule has 1 aliphatic carbocycles. The van der Waals surface area contributed by atoms with Crippen molar-refractivity contribution < 1.29 is 14.4 Å². The van der Waals surface area contributed by atoms with Gasteiger partial charge < -0.3 is 5.32 Å². The SMILES string of the molecule is O=CC1=CC(=O)C(C(=O)C2CC2)(c2ccccc2)N1. The topological polar surface area (TPSA) is 63.2 Å². The van der Waals surface area contributed by atoms with Gasteiger partial charge >= 0.3 is 0 Å². The quantitative estimate of drug-likeness (QED) is 0.646. The van der Waals surface area contributed by atoms with Crippen molar-refractivity contribution in [2.75, 3.05) is 0 Å². The molecule has 3 rings (SSSR count). The Morgan fingerprint density at radius 3 is 2.47 bits per heavy atom. The highest BCUT2D eigenvalue weighted by molar-refractivity contribution is 6.21. The fraction of sp³-hybridized carbons (Fsp3) is 0.267. The van der Waals surface area contributed by atoms with Crippen LogP contribution >= 0.6 is 0 Å². The van der Waals surface area contributed by atoms with Gasteiger partial charge in [-0.2, -0.15) is 0 Å². The van der Waals surface area contributed by atoms with Gasteiger partial charge in [-0.3, -0.25) is 14.4 Å². The highest BCUT2D eigenvalue weighted by atomic mass is 16.2. The van der Waals surface area contributed by atoms with Gasteiger partial charge in [0.1, 0.15) is 0 Å². The number of allylic oxidation sites excluding steroid dienone is 1. The number of aldehydes is 1. The highest BCUT2D eigenvalue weighted by Gasteiger charge is 2.54. The van der Waals surface area contributed by atoms with E-state index in [1.165, 1.54) is 6.08 Å². The number of carbonyl (C=O) groups excluding carboxylic acids is 3. The largest absolute Gasteiger partial charge is 0.360 e. The molecule has 2 aliphatic rings. The van der Waals surface area contributed by atoms with Gasteiger partial charge in [0, 0.05) is 12.0 Å². The Morgan fingerprint density at radius 2 is 1.95 bits per heavy atom. The van der Waals surface area contributed by atoms with E-state index in [0.717, 1.165) is 12.8 Å². The first-order chi connectivity index (χ1) is 9.18. The average Bonchev–Trinajstić information content (AvgIpc) is 3.23. The van der Waals surface area contributed by atoms with Crippen LogP contribution < -0.4 is 5.32 Å². The first-order valence-electron chi connectivity index (χ1n) is 6.28. The van der Waals surface area contributed by atoms with Gasteiger partial charge in [-0.05, 0) is 18.4 Å². The minimum absolute atomic E-state index is 0.0731. The van der Waals surface area contributed by atoms with E-state index in [1.54, 1.807) is 24.3 Å². The van der Waals surface area contributed by atoms with E-state index in [2.05, 4.69) is 5.32 Å². The number of rotatable bonds is 4. The van der Waals surface area contributed by atoms with Crippen LogP contribution in [0.5, 0.6) is 0 Å². The molecule has 4 heteroatoms. The molecular weight excluding hydrogens is 242 g/mol. The molecule has 4 nitrogen and oxygen atoms in total. The lowest BCUT2D eigenvalue weighted by Crippen LogP contribution is -2.51. The maximum absolute atomic E-state index is 12.6. The van der Waals surface area contributed by atoms with Crippen LogP contribution in [-0.4, -0.2) is 17.9 Å². The molecule has 19 heavy (non-hydrogen) atoms. The molecule has 1 heterocycles. The van der Waals surface area contributed by atoms with E-state index in [4.69, 9.17) is 0 Å². The average molecular weight is 255 g/mol. The predicted octanol–water partition coefficient (Wildman–Crippen LogP) is 1.12. The van der Waals surface area contributed by atoms with Crippen LogP contribution in [0.3, 0.4) is 0 Å². The third kappa shape index (κ3) is 1.71. The molecule has 1 atom stereocenters. The van der Waals surface area contributed by atoms with Crippen molar-refractivity contribution in [2.24, 2.45) is 5.92 Å². The summed E-state index contributed by atoms with van der Waals surface area (Å²) in [4.78, 5) is 35.8. The normalized spacial score (nSPS) is 25.7. The molecule has 1 N–H and O–H groups in total. The van der Waals surface area contributed by atoms with Gasteiger partial charge in [-0.1, -0.05) is 30.3 Å². The lowest BCUT2D eigenvalue weighted by atomic mass is 9.81. The fourth-order valence-electron chi connectivity index (χ4n) is 2.51. The first kappa shape index (κ1) is 11.8. The second-order valence-corrected chi connectivity index (χ2v) is 4.96. The summed E-state index contributed by atoms with van der Waals surface area (Å²) in [7, 11) is 0. The number of Topliss-reactive ketones (excluding diaryl/α,β-unsaturated/α-hetero) is 1. The Hall–Kier alpha value is -2.23. The van der Waals surface area contributed by atoms with Gasteiger partial charge in [0.15, 0.2) is 23.4 Å². The van der Waals surface area contributed by atoms with Gasteiger partial charge in [-0.15, -0.1) is 0 Å². The minimum Gasteiger partial charge on any atom is -0.360 e. The van der Waals surface area contributed by atoms with Crippen molar-refractivity contribution in [1.82, 2.24) is 5.32 Å². The lowest BCUT2D eigenvalue weighted by Gasteiger charge is -2.28. The Balaban J connectivity index is 2.10. The molecule has 1 fully saturated rings. The number of benzene rings is 1. The van der Waals surface area contributed by atoms with Crippen molar-refractivity contribution >= 4 is 17.9 Å². The Bertz CT molecular complexity index is 587. The molecule has 1 aliphatic heterocycles. The molecule has 0 saturated heterocycles. The molecule has 0 bridgehead atoms. The van der Waals surface area contributed by atoms with Crippen molar-refractivity contribution in [2.45, 2.75) is 18.4 Å². The molecule has 0 spiro atoms. The molecule has 0 amide bonds. The Kier molecular flexibility index (Phi) is 2.59. The van der Waals surface area contributed by atoms with Crippen LogP contribution in [0.1, 0.15) is 18.4 Å². The zero-order valence-electron chi connectivity index (χ0n) is 10.3. The monoisotopic (exact) mass is 255 g/mol. The molecule has 1 saturated carbocycles. The molecule has 0 radical (unpaired) electrons. The third-order valence-electron chi connectivity index (χ3n) is 3.64. The molecule has 1 aromatic rings. The summed E-state index contributed by atoms with van der Waals surface area (Å²) in [6.07, 6.45) is 3.43. The van der Waals surface area contributed by atoms with E-state index >= 15 is 0 Å². The number of carbonyl (C=O) groups is 3. The summed E-state index contributed by atoms with van der Waals surface area (Å²) in [6.45, 7) is 0. The second-order valence-electron chi connectivity index (χ2n) is 4.96. The number of nitrogens with one attached hydrogen (secondary N) is 1. The van der Waals surface area contributed by atoms with E-state index in [1.807, 2.05) is 6.07 Å². The minimum atomic E-state index is -1.39. The maximum Gasteiger partial charge on any atom is 0.195 e. The highest BCUT2D eigenvalue weighted by Crippen LogP contribution is 2.40. The molecule has 96 valence electrons. The zero-order chi connectivity index (χ0) is 13.5. The van der Waals surface area contributed by atoms with Gasteiger partial charge in [0.05, 0.1) is 5.70 Å². The first-order valence-corrected chi connectivity index (χ1v) is 6.28. The van der Waals surface area contributed by atoms with Gasteiger partial charge in [0.2, 0.25) is 0 Å². The Morgan fingerprint density at radius 1 is 1.26 bits per heavy atom. The van der Waals surface area contributed by atoms with Crippen LogP contribution in [-0.2, 0) is 19.9 Å². The van der Waals surface area contributed by atoms with Crippen molar-refractivity contribution in [3.8, 4) is 0 Å². The van der Waals surface area contributed by atoms with Crippen LogP contribution in [0.25, 0.3) is 0 Å². The van der Waals surface area contributed by atoms with E-state index in [-0.39, 0.29) is 23.2 Å². The molecule has 0 aromatic heterocycles. The summed E-state index contributed by atoms with van der Waals surface area (Å²) in [5.74, 6) is -0.550. The van der Waals surface area contributed by atoms with Crippen LogP contribution in [0.2, 0.25) is 0 Å². The summed E-state index contributed by atoms with van der Waals surface area (Å²) in [6, 6.07) is 8.88. The predicted molar refractivity (Wildman–Crippen MR) is 68.1 cm³/mol. The zero-order valence-corrected chi connectivity index (χ0v) is 10.3. The molecular formula is C15H13NO3. The summed E-state index contributed by atoms with van der Waals surface area (Å²) in [5, 5.41) is 2.84. The molecule has 1 unspecified atom stereocenters. The van der Waals surface area contributed by atoms with Crippen molar-refractivity contribution in [3.05, 3.63) is 47.7 Å². The van der Waals surface area contributed by atoms with E-state index in [0.29, 0.717) is 11.8 Å². The number of hydrogen-bond acceptors (Lipinski definition) is 4. The maximum atomic E-state index is 12.6.